The minimum Gasteiger partial charge on any atom is -0.480 e. The van der Waals surface area contributed by atoms with Gasteiger partial charge in [-0.2, -0.15) is 0 Å². The Bertz CT molecular complexity index is 2640. The highest BCUT2D eigenvalue weighted by molar-refractivity contribution is 5.88. The number of hydrogen-bond acceptors (Lipinski definition) is 7. The van der Waals surface area contributed by atoms with Gasteiger partial charge in [-0.05, 0) is 267 Å². The molecule has 10 aliphatic carbocycles. The Morgan fingerprint density at radius 3 is 1.29 bits per heavy atom. The summed E-state index contributed by atoms with van der Waals surface area (Å²) < 4.78 is 0. The van der Waals surface area contributed by atoms with Crippen LogP contribution in [0.1, 0.15) is 250 Å². The molecule has 0 spiro atoms. The van der Waals surface area contributed by atoms with Crippen LogP contribution >= 0.6 is 0 Å². The molecule has 20 atom stereocenters. The highest BCUT2D eigenvalue weighted by Gasteiger charge is 2.74. The monoisotopic (exact) mass is 1160 g/mol. The van der Waals surface area contributed by atoms with Crippen molar-refractivity contribution in [3.05, 3.63) is 24.3 Å². The molecule has 11 heteroatoms. The fraction of sp³-hybridized carbons (Fsp3) is 0.863. The van der Waals surface area contributed by atoms with E-state index in [1.54, 1.807) is 7.05 Å². The van der Waals surface area contributed by atoms with Gasteiger partial charge >= 0.3 is 5.97 Å². The maximum Gasteiger partial charge on any atom is 0.326 e. The van der Waals surface area contributed by atoms with Crippen LogP contribution in [0.5, 0.6) is 0 Å². The Labute approximate surface area is 508 Å². The van der Waals surface area contributed by atoms with Gasteiger partial charge in [0.25, 0.3) is 0 Å². The van der Waals surface area contributed by atoms with Gasteiger partial charge in [0.15, 0.2) is 0 Å². The first kappa shape index (κ1) is 63.7. The largest absolute Gasteiger partial charge is 0.480 e. The SMILES string of the molecule is C=C(C)C1CCC2(C(=O)NCCCCC(NC(=O)C(CCCCNC(=O)C34CCC(C(=C)C)C3C3CCC5C6(C)CCC(=O)C(C)(C)C6CCC5(C)C3(C)CC4)NC)C(=O)O)CCC3(C)C(CCC4C5(C)CCC(=O)C(C)(C)C5CCC43C)C12. The molecule has 10 rings (SSSR count). The van der Waals surface area contributed by atoms with Gasteiger partial charge in [-0.3, -0.25) is 24.0 Å². The van der Waals surface area contributed by atoms with E-state index in [1.807, 2.05) is 0 Å². The lowest BCUT2D eigenvalue weighted by Gasteiger charge is -2.72. The molecule has 0 radical (unpaired) electrons. The maximum atomic E-state index is 14.8. The topological polar surface area (TPSA) is 171 Å². The molecule has 10 aliphatic rings. The molecule has 5 N–H and O–H groups in total. The zero-order valence-corrected chi connectivity index (χ0v) is 55.0. The number of rotatable bonds is 18. The van der Waals surface area contributed by atoms with Crippen LogP contribution in [-0.2, 0) is 28.8 Å². The summed E-state index contributed by atoms with van der Waals surface area (Å²) in [6, 6.07) is -1.61. The zero-order valence-electron chi connectivity index (χ0n) is 55.0. The van der Waals surface area contributed by atoms with Crippen LogP contribution in [-0.4, -0.2) is 72.6 Å². The van der Waals surface area contributed by atoms with E-state index in [1.165, 1.54) is 17.6 Å². The van der Waals surface area contributed by atoms with Gasteiger partial charge < -0.3 is 26.4 Å². The van der Waals surface area contributed by atoms with Crippen LogP contribution < -0.4 is 21.3 Å². The molecule has 11 nitrogen and oxygen atoms in total. The Hall–Kier alpha value is -3.34. The van der Waals surface area contributed by atoms with Gasteiger partial charge in [-0.15, -0.1) is 0 Å². The van der Waals surface area contributed by atoms with Gasteiger partial charge in [0.2, 0.25) is 17.7 Å². The number of nitrogens with one attached hydrogen (secondary N) is 4. The summed E-state index contributed by atoms with van der Waals surface area (Å²) in [5.74, 6) is 3.82. The third-order valence-corrected chi connectivity index (χ3v) is 30.2. The maximum absolute atomic E-state index is 14.8. The second-order valence-corrected chi connectivity index (χ2v) is 33.7. The van der Waals surface area contributed by atoms with E-state index in [9.17, 15) is 33.9 Å². The number of fused-ring (bicyclic) bond motifs is 14. The number of ketones is 2. The van der Waals surface area contributed by atoms with Crippen molar-refractivity contribution >= 4 is 35.3 Å². The number of allylic oxidation sites excluding steroid dienone is 2. The van der Waals surface area contributed by atoms with Crippen molar-refractivity contribution in [3.8, 4) is 0 Å². The van der Waals surface area contributed by atoms with Crippen LogP contribution in [0.2, 0.25) is 0 Å². The van der Waals surface area contributed by atoms with E-state index in [2.05, 4.69) is 118 Å². The number of unbranched alkanes of at least 4 members (excludes halogenated alkanes) is 2. The normalized spacial score (nSPS) is 44.8. The van der Waals surface area contributed by atoms with Crippen molar-refractivity contribution in [2.75, 3.05) is 20.1 Å². The summed E-state index contributed by atoms with van der Waals surface area (Å²) in [7, 11) is 1.74. The number of aliphatic carboxylic acids is 1. The molecule has 0 aliphatic heterocycles. The minimum absolute atomic E-state index is 0.0891. The molecular formula is C73H116N4O7. The molecule has 0 saturated heterocycles. The summed E-state index contributed by atoms with van der Waals surface area (Å²) in [6.07, 6.45) is 23.5. The number of Topliss-reactive ketones (excluding diaryl/α,β-unsaturated/α-hetero) is 2. The predicted octanol–water partition coefficient (Wildman–Crippen LogP) is 14.2. The Balaban J connectivity index is 0.699. The molecule has 3 amide bonds. The van der Waals surface area contributed by atoms with E-state index in [-0.39, 0.29) is 79.3 Å². The molecule has 84 heavy (non-hydrogen) atoms. The lowest BCUT2D eigenvalue weighted by molar-refractivity contribution is -0.233. The number of carbonyl (C=O) groups excluding carboxylic acids is 5. The van der Waals surface area contributed by atoms with E-state index in [4.69, 9.17) is 0 Å². The van der Waals surface area contributed by atoms with E-state index >= 15 is 0 Å². The second kappa shape index (κ2) is 22.3. The molecule has 10 fully saturated rings. The van der Waals surface area contributed by atoms with Crippen molar-refractivity contribution in [2.45, 2.75) is 262 Å². The first-order valence-electron chi connectivity index (χ1n) is 34.5. The van der Waals surface area contributed by atoms with Gasteiger partial charge in [-0.25, -0.2) is 4.79 Å². The quantitative estimate of drug-likeness (QED) is 0.0667. The number of hydrogen-bond donors (Lipinski definition) is 5. The van der Waals surface area contributed by atoms with Crippen molar-refractivity contribution in [1.82, 2.24) is 21.3 Å². The highest BCUT2D eigenvalue weighted by Crippen LogP contribution is 2.79. The van der Waals surface area contributed by atoms with Crippen molar-refractivity contribution in [3.63, 3.8) is 0 Å². The summed E-state index contributed by atoms with van der Waals surface area (Å²) in [5.41, 5.74) is 1.76. The van der Waals surface area contributed by atoms with E-state index < -0.39 is 28.9 Å². The summed E-state index contributed by atoms with van der Waals surface area (Å²) >= 11 is 0. The standard InChI is InChI=1S/C73H116N4O7/c1-44(2)46-26-36-72(40-38-68(11)48(58(46)72)22-24-54-66(9)32-30-56(78)64(5,6)52(66)28-34-70(54,68)13)62(83)75-42-18-16-20-50(74-15)60(80)77-51(61(81)82)21-17-19-43-76-63(84)73-37-27-47(45(3)4)59(73)49-23-25-55-67(10)33-31-57(79)65(7,8)53(67)29-35-71(55,14)69(49,12)39-41-73/h46-55,58-59,74H,1,3,16-43H2,2,4-15H3,(H,75,83)(H,76,84)(H,77,80)(H,81,82). The Morgan fingerprint density at radius 2 is 0.905 bits per heavy atom. The number of carboxylic acid groups (broad SMARTS) is 1. The Morgan fingerprint density at radius 1 is 0.500 bits per heavy atom. The van der Waals surface area contributed by atoms with E-state index in [0.29, 0.717) is 117 Å². The third kappa shape index (κ3) is 9.40. The lowest BCUT2D eigenvalue weighted by atomic mass is 9.32. The highest BCUT2D eigenvalue weighted by atomic mass is 16.4. The number of carboxylic acids is 1. The fourth-order valence-electron chi connectivity index (χ4n) is 25.3. The third-order valence-electron chi connectivity index (χ3n) is 30.2. The average Bonchev–Trinajstić information content (AvgIpc) is 1.02. The minimum atomic E-state index is -1.06. The van der Waals surface area contributed by atoms with Crippen LogP contribution in [0.25, 0.3) is 0 Å². The van der Waals surface area contributed by atoms with Crippen LogP contribution in [0.3, 0.4) is 0 Å². The molecule has 0 bridgehead atoms. The smallest absolute Gasteiger partial charge is 0.326 e. The predicted molar refractivity (Wildman–Crippen MR) is 334 cm³/mol. The van der Waals surface area contributed by atoms with Crippen LogP contribution in [0.4, 0.5) is 0 Å². The summed E-state index contributed by atoms with van der Waals surface area (Å²) in [4.78, 5) is 82.7. The molecule has 0 aromatic rings. The molecule has 10 saturated carbocycles. The number of likely N-dealkylation sites (N-methyl/N-ethyl adjacent to an activating group) is 1. The van der Waals surface area contributed by atoms with Gasteiger partial charge in [0, 0.05) is 36.8 Å². The molecular weight excluding hydrogens is 1040 g/mol. The molecule has 470 valence electrons. The van der Waals surface area contributed by atoms with Crippen molar-refractivity contribution in [1.29, 1.82) is 0 Å². The van der Waals surface area contributed by atoms with Crippen molar-refractivity contribution in [2.24, 2.45) is 113 Å². The lowest BCUT2D eigenvalue weighted by Crippen LogP contribution is -2.67. The molecule has 20 unspecified atom stereocenters. The summed E-state index contributed by atoms with van der Waals surface area (Å²) in [6.45, 7) is 38.8. The average molecular weight is 1160 g/mol. The van der Waals surface area contributed by atoms with Gasteiger partial charge in [0.05, 0.1) is 16.9 Å². The second-order valence-electron chi connectivity index (χ2n) is 33.7. The van der Waals surface area contributed by atoms with Gasteiger partial charge in [-0.1, -0.05) is 93.5 Å². The van der Waals surface area contributed by atoms with Crippen molar-refractivity contribution < 1.29 is 33.9 Å². The molecule has 0 aromatic heterocycles. The molecule has 0 aromatic carbocycles. The first-order valence-corrected chi connectivity index (χ1v) is 34.5. The summed E-state index contributed by atoms with van der Waals surface area (Å²) in [5, 5.41) is 23.2. The molecule has 0 heterocycles. The van der Waals surface area contributed by atoms with E-state index in [0.717, 1.165) is 109 Å². The Kier molecular flexibility index (Phi) is 16.9. The fourth-order valence-corrected chi connectivity index (χ4v) is 25.3. The van der Waals surface area contributed by atoms with Crippen LogP contribution in [0, 0.1) is 113 Å². The van der Waals surface area contributed by atoms with Gasteiger partial charge in [0.1, 0.15) is 17.6 Å². The first-order chi connectivity index (χ1) is 39.3. The number of carbonyl (C=O) groups is 6. The number of amides is 3. The zero-order chi connectivity index (χ0) is 61.2. The van der Waals surface area contributed by atoms with Crippen LogP contribution in [0.15, 0.2) is 24.3 Å².